The van der Waals surface area contributed by atoms with Crippen molar-refractivity contribution in [3.05, 3.63) is 90.0 Å². The van der Waals surface area contributed by atoms with Crippen LogP contribution in [0.25, 0.3) is 0 Å². The number of para-hydroxylation sites is 2. The molecular formula is C26H33BF4N2O3. The third kappa shape index (κ3) is 9.79. The lowest BCUT2D eigenvalue weighted by molar-refractivity contribution is 0.276. The number of hydrogen-bond donors (Lipinski definition) is 2. The molecule has 0 radical (unpaired) electrons. The van der Waals surface area contributed by atoms with Crippen molar-refractivity contribution in [2.24, 2.45) is 0 Å². The van der Waals surface area contributed by atoms with Gasteiger partial charge in [-0.25, -0.2) is 13.2 Å². The largest absolute Gasteiger partial charge is 0.707 e. The lowest BCUT2D eigenvalue weighted by Crippen LogP contribution is -2.21. The molecule has 0 heterocycles. The maximum Gasteiger partial charge on any atom is 0.707 e. The van der Waals surface area contributed by atoms with E-state index in [2.05, 4.69) is 90.7 Å². The molecule has 0 amide bonds. The van der Waals surface area contributed by atoms with Crippen molar-refractivity contribution in [2.45, 2.75) is 27.7 Å². The van der Waals surface area contributed by atoms with Crippen molar-refractivity contribution in [1.29, 1.82) is 0 Å². The summed E-state index contributed by atoms with van der Waals surface area (Å²) < 4.78 is 53.8. The van der Waals surface area contributed by atoms with Crippen LogP contribution >= 0.6 is 0 Å². The van der Waals surface area contributed by atoms with Gasteiger partial charge >= 0.3 is 7.32 Å². The molecule has 3 aromatic carbocycles. The Hall–Kier alpha value is -3.24. The molecule has 10 heteroatoms. The highest BCUT2D eigenvalue weighted by atomic mass is 19.2. The second kappa shape index (κ2) is 16.4. The fraction of sp³-hybridized carbons (Fsp3) is 0.308. The molecule has 0 saturated heterocycles. The zero-order chi connectivity index (χ0) is 27.1. The lowest BCUT2D eigenvalue weighted by Gasteiger charge is -2.20. The van der Waals surface area contributed by atoms with Crippen LogP contribution in [-0.4, -0.2) is 43.5 Å². The minimum Gasteiger partial charge on any atom is -0.509 e. The second-order valence-electron chi connectivity index (χ2n) is 7.26. The summed E-state index contributed by atoms with van der Waals surface area (Å²) in [6.07, 6.45) is 0. The highest BCUT2D eigenvalue weighted by Gasteiger charge is 2.23. The molecule has 0 aliphatic heterocycles. The topological polar surface area (TPSA) is 56.2 Å². The number of hydrogen-bond acceptors (Lipinski definition) is 5. The Balaban J connectivity index is 0.000000273. The fourth-order valence-corrected chi connectivity index (χ4v) is 3.21. The van der Waals surface area contributed by atoms with Gasteiger partial charge in [0.25, 0.3) is 0 Å². The van der Waals surface area contributed by atoms with E-state index < -0.39 is 36.3 Å². The molecule has 0 unspecified atom stereocenters. The average molecular weight is 508 g/mol. The first-order valence-electron chi connectivity index (χ1n) is 11.7. The Morgan fingerprint density at radius 3 is 1.36 bits per heavy atom. The minimum atomic E-state index is -2.45. The monoisotopic (exact) mass is 508 g/mol. The van der Waals surface area contributed by atoms with Crippen molar-refractivity contribution in [3.8, 4) is 5.75 Å². The standard InChI is InChI=1S/2C10H15N.C6H3BF4O3/c2*1-3-11(4-2)10-8-6-5-7-9-10;8-2-1-3(14-7(12)13)5(10)6(11)4(2)9/h2*5-9H,3-4H2,1-2H3;1,12-13H. The maximum absolute atomic E-state index is 12.7. The van der Waals surface area contributed by atoms with Crippen LogP contribution in [-0.2, 0) is 0 Å². The summed E-state index contributed by atoms with van der Waals surface area (Å²) in [6, 6.07) is 21.1. The molecule has 0 atom stereocenters. The third-order valence-corrected chi connectivity index (χ3v) is 5.07. The molecule has 3 rings (SSSR count). The molecular weight excluding hydrogens is 475 g/mol. The molecule has 0 aromatic heterocycles. The summed E-state index contributed by atoms with van der Waals surface area (Å²) in [5.74, 6) is -8.74. The van der Waals surface area contributed by atoms with Crippen molar-refractivity contribution in [3.63, 3.8) is 0 Å². The molecule has 196 valence electrons. The van der Waals surface area contributed by atoms with E-state index in [-0.39, 0.29) is 6.07 Å². The fourth-order valence-electron chi connectivity index (χ4n) is 3.21. The quantitative estimate of drug-likeness (QED) is 0.178. The van der Waals surface area contributed by atoms with Gasteiger partial charge in [0.05, 0.1) is 0 Å². The Morgan fingerprint density at radius 1 is 0.639 bits per heavy atom. The predicted molar refractivity (Wildman–Crippen MR) is 137 cm³/mol. The summed E-state index contributed by atoms with van der Waals surface area (Å²) >= 11 is 0. The van der Waals surface area contributed by atoms with Gasteiger partial charge in [-0.1, -0.05) is 36.4 Å². The first kappa shape index (κ1) is 30.8. The highest BCUT2D eigenvalue weighted by Crippen LogP contribution is 2.24. The van der Waals surface area contributed by atoms with Crippen LogP contribution in [0.2, 0.25) is 0 Å². The Morgan fingerprint density at radius 2 is 1.03 bits per heavy atom. The van der Waals surface area contributed by atoms with Gasteiger partial charge in [-0.15, -0.1) is 0 Å². The first-order chi connectivity index (χ1) is 17.2. The van der Waals surface area contributed by atoms with Gasteiger partial charge in [0.1, 0.15) is 5.75 Å². The Kier molecular flexibility index (Phi) is 14.1. The van der Waals surface area contributed by atoms with Crippen molar-refractivity contribution >= 4 is 18.7 Å². The molecule has 0 fully saturated rings. The number of halogens is 4. The van der Waals surface area contributed by atoms with Crippen molar-refractivity contribution in [2.75, 3.05) is 36.0 Å². The summed E-state index contributed by atoms with van der Waals surface area (Å²) in [4.78, 5) is 4.67. The van der Waals surface area contributed by atoms with E-state index in [4.69, 9.17) is 10.0 Å². The summed E-state index contributed by atoms with van der Waals surface area (Å²) in [6.45, 7) is 13.0. The molecule has 5 nitrogen and oxygen atoms in total. The molecule has 0 spiro atoms. The SMILES string of the molecule is CCN(CC)c1ccccc1.CCN(CC)c1ccccc1.OB(O)Oc1cc(F)c(F)c(F)c1F. The molecule has 3 aromatic rings. The van der Waals surface area contributed by atoms with Crippen LogP contribution in [0.3, 0.4) is 0 Å². The van der Waals surface area contributed by atoms with Crippen LogP contribution in [0.1, 0.15) is 27.7 Å². The van der Waals surface area contributed by atoms with E-state index in [1.165, 1.54) is 11.4 Å². The van der Waals surface area contributed by atoms with Gasteiger partial charge in [0.15, 0.2) is 11.6 Å². The van der Waals surface area contributed by atoms with Crippen LogP contribution in [0.5, 0.6) is 5.75 Å². The van der Waals surface area contributed by atoms with Crippen molar-refractivity contribution < 1.29 is 32.3 Å². The second-order valence-corrected chi connectivity index (χ2v) is 7.26. The predicted octanol–water partition coefficient (Wildman–Crippen LogP) is 5.66. The Labute approximate surface area is 210 Å². The molecule has 0 aliphatic carbocycles. The van der Waals surface area contributed by atoms with Gasteiger partial charge in [-0.2, -0.15) is 4.39 Å². The van der Waals surface area contributed by atoms with E-state index in [1.54, 1.807) is 0 Å². The minimum absolute atomic E-state index is 0.160. The lowest BCUT2D eigenvalue weighted by atomic mass is 10.2. The maximum atomic E-state index is 12.7. The van der Waals surface area contributed by atoms with E-state index in [0.717, 1.165) is 26.2 Å². The van der Waals surface area contributed by atoms with Crippen LogP contribution < -0.4 is 14.5 Å². The summed E-state index contributed by atoms with van der Waals surface area (Å²) in [7, 11) is -2.45. The number of rotatable bonds is 8. The zero-order valence-electron chi connectivity index (χ0n) is 21.0. The number of anilines is 2. The Bertz CT molecular complexity index is 960. The number of benzene rings is 3. The molecule has 0 aliphatic rings. The molecule has 36 heavy (non-hydrogen) atoms. The van der Waals surface area contributed by atoms with Crippen LogP contribution in [0, 0.1) is 23.3 Å². The average Bonchev–Trinajstić information content (AvgIpc) is 2.89. The van der Waals surface area contributed by atoms with E-state index in [0.29, 0.717) is 0 Å². The molecule has 0 saturated carbocycles. The van der Waals surface area contributed by atoms with Gasteiger partial charge in [0, 0.05) is 43.6 Å². The van der Waals surface area contributed by atoms with E-state index in [1.807, 2.05) is 12.1 Å². The van der Waals surface area contributed by atoms with Crippen molar-refractivity contribution in [1.82, 2.24) is 0 Å². The first-order valence-corrected chi connectivity index (χ1v) is 11.7. The normalized spacial score (nSPS) is 9.83. The van der Waals surface area contributed by atoms with Gasteiger partial charge < -0.3 is 24.5 Å². The summed E-state index contributed by atoms with van der Waals surface area (Å²) in [5.41, 5.74) is 2.63. The van der Waals surface area contributed by atoms with E-state index >= 15 is 0 Å². The highest BCUT2D eigenvalue weighted by molar-refractivity contribution is 6.33. The van der Waals surface area contributed by atoms with Gasteiger partial charge in [-0.05, 0) is 52.0 Å². The van der Waals surface area contributed by atoms with Gasteiger partial charge in [-0.3, -0.25) is 0 Å². The molecule has 2 N–H and O–H groups in total. The number of nitrogens with zero attached hydrogens (tertiary/aromatic N) is 2. The van der Waals surface area contributed by atoms with Gasteiger partial charge in [0.2, 0.25) is 11.6 Å². The summed E-state index contributed by atoms with van der Waals surface area (Å²) in [5, 5.41) is 16.4. The van der Waals surface area contributed by atoms with Crippen LogP contribution in [0.15, 0.2) is 66.7 Å². The zero-order valence-corrected chi connectivity index (χ0v) is 21.0. The molecule has 0 bridgehead atoms. The third-order valence-electron chi connectivity index (χ3n) is 5.07. The smallest absolute Gasteiger partial charge is 0.509 e. The van der Waals surface area contributed by atoms with Crippen LogP contribution in [0.4, 0.5) is 28.9 Å². The van der Waals surface area contributed by atoms with E-state index in [9.17, 15) is 17.6 Å².